The number of methoxy groups -OCH3 is 2. The van der Waals surface area contributed by atoms with E-state index in [4.69, 9.17) is 18.6 Å². The molecule has 0 N–H and O–H groups in total. The van der Waals surface area contributed by atoms with Crippen molar-refractivity contribution in [2.24, 2.45) is 0 Å². The summed E-state index contributed by atoms with van der Waals surface area (Å²) in [5.74, 6) is 1.83. The number of hydrogen-bond acceptors (Lipinski definition) is 6. The minimum absolute atomic E-state index is 0.158. The van der Waals surface area contributed by atoms with E-state index in [2.05, 4.69) is 18.7 Å². The Balaban J connectivity index is 1.67. The fourth-order valence-corrected chi connectivity index (χ4v) is 4.72. The highest BCUT2D eigenvalue weighted by Crippen LogP contribution is 2.36. The van der Waals surface area contributed by atoms with Crippen LogP contribution in [0.2, 0.25) is 0 Å². The molecule has 38 heavy (non-hydrogen) atoms. The van der Waals surface area contributed by atoms with Crippen molar-refractivity contribution >= 4 is 11.0 Å². The van der Waals surface area contributed by atoms with E-state index in [-0.39, 0.29) is 11.2 Å². The highest BCUT2D eigenvalue weighted by molar-refractivity contribution is 5.82. The molecule has 0 unspecified atom stereocenters. The third-order valence-corrected chi connectivity index (χ3v) is 6.92. The van der Waals surface area contributed by atoms with Crippen molar-refractivity contribution in [3.63, 3.8) is 0 Å². The molecule has 0 spiro atoms. The summed E-state index contributed by atoms with van der Waals surface area (Å²) in [5, 5.41) is 0.515. The van der Waals surface area contributed by atoms with E-state index in [1.807, 2.05) is 24.3 Å². The maximum atomic E-state index is 13.4. The topological polar surface area (TPSA) is 61.1 Å². The van der Waals surface area contributed by atoms with Crippen molar-refractivity contribution in [3.05, 3.63) is 52.7 Å². The first kappa shape index (κ1) is 29.6. The van der Waals surface area contributed by atoms with Crippen LogP contribution in [-0.2, 0) is 0 Å². The molecule has 208 valence electrons. The molecule has 6 nitrogen and oxygen atoms in total. The Bertz CT molecular complexity index is 1160. The molecule has 3 rings (SSSR count). The molecule has 0 aliphatic rings. The predicted octanol–water partition coefficient (Wildman–Crippen LogP) is 7.71. The van der Waals surface area contributed by atoms with E-state index in [1.165, 1.54) is 51.6 Å². The number of benzene rings is 2. The molecule has 0 bridgehead atoms. The Morgan fingerprint density at radius 2 is 1.42 bits per heavy atom. The summed E-state index contributed by atoms with van der Waals surface area (Å²) < 4.78 is 23.2. The van der Waals surface area contributed by atoms with Crippen LogP contribution in [0.25, 0.3) is 22.3 Å². The Morgan fingerprint density at radius 1 is 0.763 bits per heavy atom. The van der Waals surface area contributed by atoms with E-state index in [0.717, 1.165) is 25.8 Å². The van der Waals surface area contributed by atoms with Gasteiger partial charge in [0.05, 0.1) is 26.2 Å². The monoisotopic (exact) mass is 523 g/mol. The van der Waals surface area contributed by atoms with E-state index < -0.39 is 0 Å². The van der Waals surface area contributed by atoms with Crippen molar-refractivity contribution in [1.82, 2.24) is 4.90 Å². The first-order chi connectivity index (χ1) is 18.6. The largest absolute Gasteiger partial charge is 0.493 e. The van der Waals surface area contributed by atoms with Crippen LogP contribution in [0.1, 0.15) is 71.6 Å². The molecule has 1 aromatic heterocycles. The van der Waals surface area contributed by atoms with Crippen LogP contribution in [0.15, 0.2) is 51.7 Å². The van der Waals surface area contributed by atoms with Gasteiger partial charge in [0, 0.05) is 5.56 Å². The second-order valence-corrected chi connectivity index (χ2v) is 9.82. The van der Waals surface area contributed by atoms with Gasteiger partial charge in [0.25, 0.3) is 0 Å². The molecule has 0 saturated heterocycles. The average molecular weight is 524 g/mol. The third kappa shape index (κ3) is 8.26. The number of ether oxygens (including phenoxy) is 3. The predicted molar refractivity (Wildman–Crippen MR) is 156 cm³/mol. The lowest BCUT2D eigenvalue weighted by Crippen LogP contribution is -2.27. The minimum atomic E-state index is -0.158. The first-order valence-electron chi connectivity index (χ1n) is 14.3. The second-order valence-electron chi connectivity index (χ2n) is 9.82. The number of unbranched alkanes of at least 4 members (excludes halogenated alkanes) is 6. The van der Waals surface area contributed by atoms with Crippen LogP contribution in [-0.4, -0.2) is 45.4 Å². The van der Waals surface area contributed by atoms with Crippen molar-refractivity contribution < 1.29 is 18.6 Å². The molecule has 1 heterocycles. The molecule has 0 saturated carbocycles. The molecule has 3 aromatic rings. The third-order valence-electron chi connectivity index (χ3n) is 6.92. The van der Waals surface area contributed by atoms with Gasteiger partial charge in [0.1, 0.15) is 5.58 Å². The Morgan fingerprint density at radius 3 is 2.08 bits per heavy atom. The molecule has 0 aliphatic heterocycles. The summed E-state index contributed by atoms with van der Waals surface area (Å²) in [5.41, 5.74) is 1.07. The normalized spacial score (nSPS) is 11.3. The van der Waals surface area contributed by atoms with Gasteiger partial charge in [-0.15, -0.1) is 0 Å². The van der Waals surface area contributed by atoms with Gasteiger partial charge in [-0.1, -0.05) is 51.7 Å². The van der Waals surface area contributed by atoms with Gasteiger partial charge in [0.15, 0.2) is 17.3 Å². The van der Waals surface area contributed by atoms with Gasteiger partial charge in [-0.05, 0) is 82.1 Å². The van der Waals surface area contributed by atoms with E-state index >= 15 is 0 Å². The zero-order valence-electron chi connectivity index (χ0n) is 23.7. The average Bonchev–Trinajstić information content (AvgIpc) is 2.95. The SMILES string of the molecule is CCCCCN(CCCCC)CCCCCOc1c(-c2ccc(OC)c(OC)c2)oc2ccccc2c1=O. The summed E-state index contributed by atoms with van der Waals surface area (Å²) in [6.07, 6.45) is 10.8. The summed E-state index contributed by atoms with van der Waals surface area (Å²) in [4.78, 5) is 16.0. The maximum Gasteiger partial charge on any atom is 0.235 e. The van der Waals surface area contributed by atoms with Gasteiger partial charge in [0.2, 0.25) is 11.2 Å². The standard InChI is InChI=1S/C32H45NO5/c1-5-7-12-20-33(21-13-8-6-2)22-14-9-15-23-37-32-30(34)26-16-10-11-17-27(26)38-31(32)25-18-19-28(35-3)29(24-25)36-4/h10-11,16-19,24H,5-9,12-15,20-23H2,1-4H3. The maximum absolute atomic E-state index is 13.4. The molecule has 0 radical (unpaired) electrons. The molecule has 0 amide bonds. The highest BCUT2D eigenvalue weighted by atomic mass is 16.5. The zero-order valence-corrected chi connectivity index (χ0v) is 23.7. The number of para-hydroxylation sites is 1. The number of rotatable bonds is 18. The van der Waals surface area contributed by atoms with Gasteiger partial charge in [-0.25, -0.2) is 0 Å². The van der Waals surface area contributed by atoms with Crippen LogP contribution in [0, 0.1) is 0 Å². The fraction of sp³-hybridized carbons (Fsp3) is 0.531. The second kappa shape index (κ2) is 16.1. The Kier molecular flexibility index (Phi) is 12.5. The van der Waals surface area contributed by atoms with Gasteiger partial charge < -0.3 is 23.5 Å². The van der Waals surface area contributed by atoms with Crippen LogP contribution in [0.3, 0.4) is 0 Å². The molecular weight excluding hydrogens is 478 g/mol. The minimum Gasteiger partial charge on any atom is -0.493 e. The summed E-state index contributed by atoms with van der Waals surface area (Å²) in [6.45, 7) is 8.50. The summed E-state index contributed by atoms with van der Waals surface area (Å²) >= 11 is 0. The molecule has 0 aliphatic carbocycles. The summed E-state index contributed by atoms with van der Waals surface area (Å²) in [7, 11) is 3.18. The lowest BCUT2D eigenvalue weighted by Gasteiger charge is -2.22. The van der Waals surface area contributed by atoms with Gasteiger partial charge in [-0.3, -0.25) is 4.79 Å². The van der Waals surface area contributed by atoms with Crippen LogP contribution in [0.5, 0.6) is 17.2 Å². The fourth-order valence-electron chi connectivity index (χ4n) is 4.72. The van der Waals surface area contributed by atoms with E-state index in [9.17, 15) is 4.79 Å². The van der Waals surface area contributed by atoms with Crippen molar-refractivity contribution in [2.45, 2.75) is 71.6 Å². The van der Waals surface area contributed by atoms with E-state index in [0.29, 0.717) is 40.4 Å². The molecule has 6 heteroatoms. The zero-order chi connectivity index (χ0) is 27.2. The quantitative estimate of drug-likeness (QED) is 0.159. The van der Waals surface area contributed by atoms with Gasteiger partial charge >= 0.3 is 0 Å². The van der Waals surface area contributed by atoms with E-state index in [1.54, 1.807) is 32.4 Å². The van der Waals surface area contributed by atoms with Crippen molar-refractivity contribution in [1.29, 1.82) is 0 Å². The number of hydrogen-bond donors (Lipinski definition) is 0. The molecule has 2 aromatic carbocycles. The summed E-state index contributed by atoms with van der Waals surface area (Å²) in [6, 6.07) is 12.7. The lowest BCUT2D eigenvalue weighted by molar-refractivity contribution is 0.248. The number of nitrogens with zero attached hydrogens (tertiary/aromatic N) is 1. The van der Waals surface area contributed by atoms with Gasteiger partial charge in [-0.2, -0.15) is 0 Å². The van der Waals surface area contributed by atoms with Crippen LogP contribution >= 0.6 is 0 Å². The smallest absolute Gasteiger partial charge is 0.235 e. The number of fused-ring (bicyclic) bond motifs is 1. The Hall–Kier alpha value is -2.99. The molecular formula is C32H45NO5. The van der Waals surface area contributed by atoms with Crippen LogP contribution in [0.4, 0.5) is 0 Å². The molecule has 0 atom stereocenters. The first-order valence-corrected chi connectivity index (χ1v) is 14.3. The lowest BCUT2D eigenvalue weighted by atomic mass is 10.1. The van der Waals surface area contributed by atoms with Crippen molar-refractivity contribution in [3.8, 4) is 28.6 Å². The highest BCUT2D eigenvalue weighted by Gasteiger charge is 2.19. The van der Waals surface area contributed by atoms with Crippen LogP contribution < -0.4 is 19.6 Å². The van der Waals surface area contributed by atoms with Crippen molar-refractivity contribution in [2.75, 3.05) is 40.5 Å². The Labute approximate surface area is 227 Å². The molecule has 0 fully saturated rings.